The number of imidazole rings is 1. The van der Waals surface area contributed by atoms with Crippen molar-refractivity contribution in [1.82, 2.24) is 8.96 Å². The Labute approximate surface area is 81.8 Å². The summed E-state index contributed by atoms with van der Waals surface area (Å²) in [6.45, 7) is 0. The summed E-state index contributed by atoms with van der Waals surface area (Å²) in [5, 5.41) is 0. The predicted molar refractivity (Wildman–Crippen MR) is 49.7 cm³/mol. The Balaban J connectivity index is 2.74. The zero-order valence-electron chi connectivity index (χ0n) is 7.54. The third-order valence-corrected chi connectivity index (χ3v) is 2.44. The Morgan fingerprint density at radius 3 is 2.79 bits per heavy atom. The molecule has 0 bridgehead atoms. The molecule has 1 heterocycles. The molecule has 1 amide bonds. The van der Waals surface area contributed by atoms with E-state index >= 15 is 0 Å². The molecule has 0 aromatic carbocycles. The van der Waals surface area contributed by atoms with Gasteiger partial charge in [0.1, 0.15) is 6.33 Å². The summed E-state index contributed by atoms with van der Waals surface area (Å²) in [5.74, 6) is -0.487. The molecule has 0 saturated carbocycles. The Hall–Kier alpha value is -1.37. The van der Waals surface area contributed by atoms with Crippen LogP contribution in [0.25, 0.3) is 0 Å². The molecule has 0 unspecified atom stereocenters. The highest BCUT2D eigenvalue weighted by Gasteiger charge is 2.07. The molecule has 1 rings (SSSR count). The Bertz CT molecular complexity index is 435. The molecule has 0 aliphatic rings. The first-order valence-electron chi connectivity index (χ1n) is 3.75. The quantitative estimate of drug-likeness (QED) is 0.706. The Kier molecular flexibility index (Phi) is 2.90. The van der Waals surface area contributed by atoms with Crippen LogP contribution in [0.4, 0.5) is 0 Å². The normalized spacial score (nSPS) is 11.5. The van der Waals surface area contributed by atoms with E-state index in [1.807, 2.05) is 0 Å². The van der Waals surface area contributed by atoms with E-state index in [0.717, 1.165) is 10.2 Å². The maximum atomic E-state index is 11.0. The molecule has 2 N–H and O–H groups in total. The molecule has 0 aliphatic heterocycles. The Morgan fingerprint density at radius 2 is 2.36 bits per heavy atom. The Morgan fingerprint density at radius 1 is 1.71 bits per heavy atom. The lowest BCUT2D eigenvalue weighted by molar-refractivity contribution is -0.117. The fourth-order valence-corrected chi connectivity index (χ4v) is 1.33. The van der Waals surface area contributed by atoms with E-state index in [-0.39, 0.29) is 6.42 Å². The van der Waals surface area contributed by atoms with Crippen molar-refractivity contribution >= 4 is 15.9 Å². The molecule has 77 valence electrons. The number of amides is 1. The third kappa shape index (κ3) is 2.84. The molecule has 0 aliphatic carbocycles. The average molecular weight is 216 g/mol. The second kappa shape index (κ2) is 3.79. The molecule has 1 aromatic rings. The van der Waals surface area contributed by atoms with Gasteiger partial charge in [0, 0.05) is 19.0 Å². The van der Waals surface area contributed by atoms with Crippen molar-refractivity contribution in [1.29, 1.82) is 0 Å². The average Bonchev–Trinajstić information content (AvgIpc) is 2.47. The maximum Gasteiger partial charge on any atom is 0.236 e. The van der Waals surface area contributed by atoms with Crippen LogP contribution >= 0.6 is 0 Å². The van der Waals surface area contributed by atoms with Crippen LogP contribution in [0.2, 0.25) is 0 Å². The zero-order valence-corrected chi connectivity index (χ0v) is 8.36. The fourth-order valence-electron chi connectivity index (χ4n) is 0.813. The standard InChI is InChI=1S/C7H10N3O3S/c1-14(12,13)10-4-6(9-5-10)2-3-7(8)11/h2,4-5H,3H2,1H3,(H2,8,11). The monoisotopic (exact) mass is 216 g/mol. The van der Waals surface area contributed by atoms with E-state index < -0.39 is 15.9 Å². The van der Waals surface area contributed by atoms with Crippen molar-refractivity contribution in [2.45, 2.75) is 6.42 Å². The highest BCUT2D eigenvalue weighted by molar-refractivity contribution is 7.89. The van der Waals surface area contributed by atoms with Gasteiger partial charge in [0.05, 0.1) is 11.9 Å². The second-order valence-electron chi connectivity index (χ2n) is 2.77. The first kappa shape index (κ1) is 10.7. The van der Waals surface area contributed by atoms with Gasteiger partial charge >= 0.3 is 0 Å². The van der Waals surface area contributed by atoms with Gasteiger partial charge in [0.2, 0.25) is 15.9 Å². The van der Waals surface area contributed by atoms with E-state index in [9.17, 15) is 13.2 Å². The van der Waals surface area contributed by atoms with Crippen LogP contribution in [-0.2, 0) is 14.8 Å². The fraction of sp³-hybridized carbons (Fsp3) is 0.286. The van der Waals surface area contributed by atoms with E-state index in [1.54, 1.807) is 0 Å². The summed E-state index contributed by atoms with van der Waals surface area (Å²) in [4.78, 5) is 14.2. The molecule has 0 atom stereocenters. The highest BCUT2D eigenvalue weighted by Crippen LogP contribution is 2.03. The van der Waals surface area contributed by atoms with Crippen molar-refractivity contribution in [3.63, 3.8) is 0 Å². The van der Waals surface area contributed by atoms with Crippen molar-refractivity contribution in [2.24, 2.45) is 5.73 Å². The number of hydrogen-bond donors (Lipinski definition) is 1. The minimum absolute atomic E-state index is 0.0424. The maximum absolute atomic E-state index is 11.0. The van der Waals surface area contributed by atoms with E-state index in [1.165, 1.54) is 18.9 Å². The second-order valence-corrected chi connectivity index (χ2v) is 4.65. The predicted octanol–water partition coefficient (Wildman–Crippen LogP) is -0.881. The van der Waals surface area contributed by atoms with E-state index in [2.05, 4.69) is 4.98 Å². The van der Waals surface area contributed by atoms with Crippen LogP contribution < -0.4 is 5.73 Å². The third-order valence-electron chi connectivity index (χ3n) is 1.48. The molecule has 7 heteroatoms. The summed E-state index contributed by atoms with van der Waals surface area (Å²) in [7, 11) is -3.30. The van der Waals surface area contributed by atoms with Gasteiger partial charge in [-0.1, -0.05) is 0 Å². The SMILES string of the molecule is CS(=O)(=O)n1cnc([CH]CC(N)=O)c1. The van der Waals surface area contributed by atoms with Crippen molar-refractivity contribution in [3.05, 3.63) is 24.6 Å². The summed E-state index contributed by atoms with van der Waals surface area (Å²) in [6, 6.07) is 0. The lowest BCUT2D eigenvalue weighted by atomic mass is 10.2. The number of nitrogens with zero attached hydrogens (tertiary/aromatic N) is 2. The van der Waals surface area contributed by atoms with Gasteiger partial charge in [-0.2, -0.15) is 0 Å². The molecular formula is C7H10N3O3S. The molecular weight excluding hydrogens is 206 g/mol. The van der Waals surface area contributed by atoms with Crippen LogP contribution in [-0.4, -0.2) is 29.5 Å². The smallest absolute Gasteiger partial charge is 0.236 e. The van der Waals surface area contributed by atoms with Crippen LogP contribution in [0.1, 0.15) is 12.1 Å². The number of primary amides is 1. The number of hydrogen-bond acceptors (Lipinski definition) is 4. The number of rotatable bonds is 4. The van der Waals surface area contributed by atoms with Gasteiger partial charge < -0.3 is 5.73 Å². The largest absolute Gasteiger partial charge is 0.370 e. The van der Waals surface area contributed by atoms with Gasteiger partial charge in [0.15, 0.2) is 0 Å². The molecule has 1 radical (unpaired) electrons. The lowest BCUT2D eigenvalue weighted by Crippen LogP contribution is -2.10. The van der Waals surface area contributed by atoms with Gasteiger partial charge in [-0.05, 0) is 0 Å². The molecule has 0 spiro atoms. The lowest BCUT2D eigenvalue weighted by Gasteiger charge is -1.94. The molecule has 6 nitrogen and oxygen atoms in total. The van der Waals surface area contributed by atoms with Gasteiger partial charge in [0.25, 0.3) is 0 Å². The van der Waals surface area contributed by atoms with Crippen LogP contribution in [0.5, 0.6) is 0 Å². The summed E-state index contributed by atoms with van der Waals surface area (Å²) < 4.78 is 23.0. The minimum atomic E-state index is -3.30. The molecule has 0 saturated heterocycles. The van der Waals surface area contributed by atoms with Gasteiger partial charge in [-0.15, -0.1) is 0 Å². The zero-order chi connectivity index (χ0) is 10.8. The number of carbonyl (C=O) groups is 1. The summed E-state index contributed by atoms with van der Waals surface area (Å²) in [5.41, 5.74) is 5.32. The molecule has 14 heavy (non-hydrogen) atoms. The minimum Gasteiger partial charge on any atom is -0.370 e. The van der Waals surface area contributed by atoms with Crippen LogP contribution in [0.15, 0.2) is 12.5 Å². The van der Waals surface area contributed by atoms with Crippen molar-refractivity contribution < 1.29 is 13.2 Å². The van der Waals surface area contributed by atoms with Crippen molar-refractivity contribution in [3.8, 4) is 0 Å². The highest BCUT2D eigenvalue weighted by atomic mass is 32.2. The van der Waals surface area contributed by atoms with Crippen molar-refractivity contribution in [2.75, 3.05) is 6.26 Å². The first-order valence-corrected chi connectivity index (χ1v) is 5.60. The van der Waals surface area contributed by atoms with Crippen LogP contribution in [0, 0.1) is 6.42 Å². The van der Waals surface area contributed by atoms with Crippen LogP contribution in [0.3, 0.4) is 0 Å². The molecule has 1 aromatic heterocycles. The first-order chi connectivity index (χ1) is 6.39. The van der Waals surface area contributed by atoms with E-state index in [4.69, 9.17) is 5.73 Å². The summed E-state index contributed by atoms with van der Waals surface area (Å²) in [6.07, 6.45) is 5.05. The van der Waals surface area contributed by atoms with Gasteiger partial charge in [-0.25, -0.2) is 17.4 Å². The topological polar surface area (TPSA) is 95.1 Å². The number of nitrogens with two attached hydrogens (primary N) is 1. The summed E-state index contributed by atoms with van der Waals surface area (Å²) >= 11 is 0. The van der Waals surface area contributed by atoms with E-state index in [0.29, 0.717) is 5.69 Å². The number of aromatic nitrogens is 2. The number of carbonyl (C=O) groups excluding carboxylic acids is 1. The van der Waals surface area contributed by atoms with Gasteiger partial charge in [-0.3, -0.25) is 4.79 Å². The molecule has 0 fully saturated rings.